The van der Waals surface area contributed by atoms with Crippen LogP contribution in [0.1, 0.15) is 49.7 Å². The highest BCUT2D eigenvalue weighted by atomic mass is 16.2. The Morgan fingerprint density at radius 2 is 1.93 bits per heavy atom. The summed E-state index contributed by atoms with van der Waals surface area (Å²) >= 11 is 0. The fraction of sp³-hybridized carbons (Fsp3) is 0.409. The van der Waals surface area contributed by atoms with Crippen LogP contribution < -0.4 is 10.9 Å². The molecular formula is C22H27N5O2. The topological polar surface area (TPSA) is 93.9 Å². The van der Waals surface area contributed by atoms with Gasteiger partial charge in [-0.1, -0.05) is 37.5 Å². The highest BCUT2D eigenvalue weighted by molar-refractivity contribution is 5.76. The number of nitrogens with one attached hydrogen (secondary N) is 3. The molecule has 1 unspecified atom stereocenters. The third kappa shape index (κ3) is 4.50. The van der Waals surface area contributed by atoms with Crippen molar-refractivity contribution in [3.05, 3.63) is 64.3 Å². The normalized spacial score (nSPS) is 15.9. The zero-order valence-electron chi connectivity index (χ0n) is 16.6. The first-order valence-corrected chi connectivity index (χ1v) is 10.2. The Kier molecular flexibility index (Phi) is 5.64. The van der Waals surface area contributed by atoms with E-state index in [4.69, 9.17) is 4.98 Å². The van der Waals surface area contributed by atoms with Crippen LogP contribution in [0.15, 0.2) is 47.3 Å². The average molecular weight is 393 g/mol. The highest BCUT2D eigenvalue weighted by Gasteiger charge is 2.29. The number of para-hydroxylation sites is 2. The Labute approximate surface area is 169 Å². The Bertz CT molecular complexity index is 1000. The number of aromatic nitrogens is 3. The third-order valence-corrected chi connectivity index (χ3v) is 5.69. The Balaban J connectivity index is 1.54. The molecule has 1 atom stereocenters. The standard InChI is InChI=1S/C22H27N5O2/c1-27(14-16-10-7-13-19(28)23-16)22(29)26-20(15-8-3-2-4-9-15)21-24-17-11-5-6-12-18(17)25-21/h5-7,10-13,15,20H,2-4,8-9,14H2,1H3,(H,23,28)(H,24,25)(H,26,29). The summed E-state index contributed by atoms with van der Waals surface area (Å²) < 4.78 is 0. The van der Waals surface area contributed by atoms with Crippen LogP contribution in [0.4, 0.5) is 4.79 Å². The number of nitrogens with zero attached hydrogens (tertiary/aromatic N) is 2. The number of hydrogen-bond acceptors (Lipinski definition) is 3. The van der Waals surface area contributed by atoms with Crippen molar-refractivity contribution in [2.45, 2.75) is 44.7 Å². The minimum Gasteiger partial charge on any atom is -0.340 e. The fourth-order valence-corrected chi connectivity index (χ4v) is 4.15. The molecule has 29 heavy (non-hydrogen) atoms. The van der Waals surface area contributed by atoms with E-state index in [1.165, 1.54) is 25.3 Å². The third-order valence-electron chi connectivity index (χ3n) is 5.69. The number of pyridine rings is 1. The summed E-state index contributed by atoms with van der Waals surface area (Å²) in [6.45, 7) is 0.333. The quantitative estimate of drug-likeness (QED) is 0.617. The van der Waals surface area contributed by atoms with Gasteiger partial charge in [-0.2, -0.15) is 0 Å². The molecule has 1 saturated carbocycles. The van der Waals surface area contributed by atoms with Crippen molar-refractivity contribution in [2.24, 2.45) is 5.92 Å². The van der Waals surface area contributed by atoms with E-state index < -0.39 is 0 Å². The van der Waals surface area contributed by atoms with Gasteiger partial charge in [0.1, 0.15) is 5.82 Å². The van der Waals surface area contributed by atoms with Crippen molar-refractivity contribution in [1.29, 1.82) is 0 Å². The number of rotatable bonds is 5. The lowest BCUT2D eigenvalue weighted by Gasteiger charge is -2.31. The van der Waals surface area contributed by atoms with E-state index >= 15 is 0 Å². The molecule has 7 heteroatoms. The van der Waals surface area contributed by atoms with Crippen molar-refractivity contribution >= 4 is 17.1 Å². The summed E-state index contributed by atoms with van der Waals surface area (Å²) in [7, 11) is 1.73. The lowest BCUT2D eigenvalue weighted by atomic mass is 9.83. The van der Waals surface area contributed by atoms with E-state index in [0.717, 1.165) is 29.7 Å². The van der Waals surface area contributed by atoms with Gasteiger partial charge in [-0.25, -0.2) is 9.78 Å². The molecule has 2 amide bonds. The molecule has 0 aliphatic heterocycles. The van der Waals surface area contributed by atoms with Crippen LogP contribution >= 0.6 is 0 Å². The molecule has 1 fully saturated rings. The van der Waals surface area contributed by atoms with E-state index in [2.05, 4.69) is 15.3 Å². The maximum atomic E-state index is 13.0. The number of amides is 2. The molecule has 0 bridgehead atoms. The Hall–Kier alpha value is -3.09. The number of H-pyrrole nitrogens is 2. The van der Waals surface area contributed by atoms with Crippen molar-refractivity contribution in [3.63, 3.8) is 0 Å². The number of aromatic amines is 2. The van der Waals surface area contributed by atoms with Gasteiger partial charge in [0.25, 0.3) is 0 Å². The van der Waals surface area contributed by atoms with Crippen LogP contribution in [0, 0.1) is 5.92 Å². The van der Waals surface area contributed by atoms with Crippen LogP contribution in [-0.2, 0) is 6.54 Å². The molecule has 0 radical (unpaired) electrons. The molecule has 1 aliphatic carbocycles. The fourth-order valence-electron chi connectivity index (χ4n) is 4.15. The second-order valence-corrected chi connectivity index (χ2v) is 7.86. The number of carbonyl (C=O) groups excluding carboxylic acids is 1. The Morgan fingerprint density at radius 1 is 1.14 bits per heavy atom. The zero-order chi connectivity index (χ0) is 20.2. The summed E-state index contributed by atoms with van der Waals surface area (Å²) in [5.41, 5.74) is 2.42. The van der Waals surface area contributed by atoms with Gasteiger partial charge in [0, 0.05) is 18.8 Å². The van der Waals surface area contributed by atoms with Gasteiger partial charge >= 0.3 is 6.03 Å². The molecule has 0 spiro atoms. The molecular weight excluding hydrogens is 366 g/mol. The molecule has 2 heterocycles. The number of carbonyl (C=O) groups is 1. The molecule has 7 nitrogen and oxygen atoms in total. The summed E-state index contributed by atoms with van der Waals surface area (Å²) in [4.78, 5) is 37.0. The number of urea groups is 1. The van der Waals surface area contributed by atoms with Gasteiger partial charge in [-0.3, -0.25) is 4.79 Å². The van der Waals surface area contributed by atoms with E-state index in [-0.39, 0.29) is 17.6 Å². The van der Waals surface area contributed by atoms with Gasteiger partial charge in [-0.15, -0.1) is 0 Å². The number of fused-ring (bicyclic) bond motifs is 1. The SMILES string of the molecule is CN(Cc1cccc(=O)[nH]1)C(=O)NC(c1nc2ccccc2[nH]1)C1CCCCC1. The molecule has 2 aromatic heterocycles. The van der Waals surface area contributed by atoms with Crippen molar-refractivity contribution in [1.82, 2.24) is 25.2 Å². The predicted octanol–water partition coefficient (Wildman–Crippen LogP) is 3.71. The monoisotopic (exact) mass is 393 g/mol. The largest absolute Gasteiger partial charge is 0.340 e. The van der Waals surface area contributed by atoms with Gasteiger partial charge in [0.15, 0.2) is 0 Å². The minimum atomic E-state index is -0.175. The van der Waals surface area contributed by atoms with Crippen molar-refractivity contribution in [3.8, 4) is 0 Å². The number of benzene rings is 1. The van der Waals surface area contributed by atoms with E-state index in [0.29, 0.717) is 18.2 Å². The number of imidazole rings is 1. The van der Waals surface area contributed by atoms with E-state index in [1.807, 2.05) is 30.3 Å². The van der Waals surface area contributed by atoms with Gasteiger partial charge in [0.05, 0.1) is 23.6 Å². The van der Waals surface area contributed by atoms with E-state index in [9.17, 15) is 9.59 Å². The lowest BCUT2D eigenvalue weighted by molar-refractivity contribution is 0.188. The summed E-state index contributed by atoms with van der Waals surface area (Å²) in [6, 6.07) is 12.6. The van der Waals surface area contributed by atoms with Gasteiger partial charge in [-0.05, 0) is 37.0 Å². The molecule has 3 aromatic rings. The van der Waals surface area contributed by atoms with Gasteiger partial charge in [0.2, 0.25) is 5.56 Å². The van der Waals surface area contributed by atoms with Crippen LogP contribution in [0.25, 0.3) is 11.0 Å². The first-order chi connectivity index (χ1) is 14.1. The van der Waals surface area contributed by atoms with Crippen molar-refractivity contribution < 1.29 is 4.79 Å². The second-order valence-electron chi connectivity index (χ2n) is 7.86. The predicted molar refractivity (Wildman–Crippen MR) is 112 cm³/mol. The van der Waals surface area contributed by atoms with E-state index in [1.54, 1.807) is 18.0 Å². The molecule has 0 saturated heterocycles. The lowest BCUT2D eigenvalue weighted by Crippen LogP contribution is -2.42. The van der Waals surface area contributed by atoms with Crippen LogP contribution in [0.5, 0.6) is 0 Å². The van der Waals surface area contributed by atoms with Crippen LogP contribution in [0.3, 0.4) is 0 Å². The zero-order valence-corrected chi connectivity index (χ0v) is 16.6. The maximum absolute atomic E-state index is 13.0. The Morgan fingerprint density at radius 3 is 2.69 bits per heavy atom. The first kappa shape index (κ1) is 19.2. The van der Waals surface area contributed by atoms with Gasteiger partial charge < -0.3 is 20.2 Å². The summed E-state index contributed by atoms with van der Waals surface area (Å²) in [6.07, 6.45) is 5.77. The number of hydrogen-bond donors (Lipinski definition) is 3. The first-order valence-electron chi connectivity index (χ1n) is 10.2. The smallest absolute Gasteiger partial charge is 0.318 e. The summed E-state index contributed by atoms with van der Waals surface area (Å²) in [5.74, 6) is 1.17. The minimum absolute atomic E-state index is 0.160. The highest BCUT2D eigenvalue weighted by Crippen LogP contribution is 2.34. The molecule has 1 aliphatic rings. The maximum Gasteiger partial charge on any atom is 0.318 e. The molecule has 152 valence electrons. The van der Waals surface area contributed by atoms with Crippen LogP contribution in [0.2, 0.25) is 0 Å². The van der Waals surface area contributed by atoms with Crippen molar-refractivity contribution in [2.75, 3.05) is 7.05 Å². The van der Waals surface area contributed by atoms with Crippen LogP contribution in [-0.4, -0.2) is 32.9 Å². The average Bonchev–Trinajstić information content (AvgIpc) is 3.16. The molecule has 1 aromatic carbocycles. The molecule has 4 rings (SSSR count). The second kappa shape index (κ2) is 8.51. The summed E-state index contributed by atoms with van der Waals surface area (Å²) in [5, 5.41) is 3.20. The molecule has 3 N–H and O–H groups in total.